The Morgan fingerprint density at radius 1 is 1.38 bits per heavy atom. The highest BCUT2D eigenvalue weighted by Crippen LogP contribution is 2.36. The first kappa shape index (κ1) is 18.1. The third-order valence-corrected chi connectivity index (χ3v) is 4.33. The molecule has 1 saturated carbocycles. The summed E-state index contributed by atoms with van der Waals surface area (Å²) < 4.78 is 5.22. The van der Waals surface area contributed by atoms with E-state index in [-0.39, 0.29) is 17.2 Å². The number of hydrogen-bond donors (Lipinski definition) is 0. The lowest BCUT2D eigenvalue weighted by atomic mass is 9.93. The van der Waals surface area contributed by atoms with Crippen molar-refractivity contribution in [1.82, 2.24) is 0 Å². The van der Waals surface area contributed by atoms with Gasteiger partial charge in [0.25, 0.3) is 5.69 Å². The number of benzene rings is 1. The van der Waals surface area contributed by atoms with Crippen molar-refractivity contribution in [2.45, 2.75) is 52.0 Å². The van der Waals surface area contributed by atoms with Gasteiger partial charge in [0.15, 0.2) is 6.61 Å². The maximum atomic E-state index is 11.6. The number of nitro groups is 1. The number of anilines is 1. The van der Waals surface area contributed by atoms with E-state index in [0.29, 0.717) is 23.4 Å². The molecule has 1 aliphatic rings. The van der Waals surface area contributed by atoms with Gasteiger partial charge in [-0.2, -0.15) is 5.26 Å². The predicted molar refractivity (Wildman–Crippen MR) is 93.3 cm³/mol. The summed E-state index contributed by atoms with van der Waals surface area (Å²) in [6.07, 6.45) is 5.76. The van der Waals surface area contributed by atoms with Crippen LogP contribution in [-0.2, 0) is 0 Å². The zero-order valence-corrected chi connectivity index (χ0v) is 14.4. The Labute approximate surface area is 143 Å². The fourth-order valence-electron chi connectivity index (χ4n) is 3.33. The van der Waals surface area contributed by atoms with E-state index in [9.17, 15) is 10.1 Å². The Bertz CT molecular complexity index is 604. The van der Waals surface area contributed by atoms with Crippen molar-refractivity contribution in [3.8, 4) is 11.8 Å². The van der Waals surface area contributed by atoms with Crippen LogP contribution in [0.4, 0.5) is 11.4 Å². The van der Waals surface area contributed by atoms with E-state index in [0.717, 1.165) is 19.4 Å². The number of nitriles is 1. The molecule has 0 spiro atoms. The Morgan fingerprint density at radius 3 is 2.67 bits per heavy atom. The molecule has 0 bridgehead atoms. The monoisotopic (exact) mass is 331 g/mol. The molecule has 6 heteroatoms. The summed E-state index contributed by atoms with van der Waals surface area (Å²) in [5, 5.41) is 20.2. The van der Waals surface area contributed by atoms with Gasteiger partial charge in [-0.3, -0.25) is 10.1 Å². The number of rotatable bonds is 7. The molecule has 1 aliphatic carbocycles. The molecule has 0 radical (unpaired) electrons. The van der Waals surface area contributed by atoms with Gasteiger partial charge < -0.3 is 9.64 Å². The van der Waals surface area contributed by atoms with E-state index < -0.39 is 0 Å². The molecule has 2 rings (SSSR count). The fraction of sp³-hybridized carbons (Fsp3) is 0.611. The molecule has 0 atom stereocenters. The van der Waals surface area contributed by atoms with Gasteiger partial charge in [0.2, 0.25) is 0 Å². The second-order valence-electron chi connectivity index (χ2n) is 6.69. The normalized spacial score (nSPS) is 15.1. The van der Waals surface area contributed by atoms with E-state index in [4.69, 9.17) is 10.00 Å². The molecule has 0 heterocycles. The average molecular weight is 331 g/mol. The highest BCUT2D eigenvalue weighted by Gasteiger charge is 2.28. The first-order valence-corrected chi connectivity index (χ1v) is 8.57. The SMILES string of the molecule is CC(C)CN(c1ccc(OCC#N)cc1[N+](=O)[O-])C1CCCCC1. The maximum absolute atomic E-state index is 11.6. The average Bonchev–Trinajstić information content (AvgIpc) is 2.58. The van der Waals surface area contributed by atoms with E-state index >= 15 is 0 Å². The van der Waals surface area contributed by atoms with E-state index in [1.165, 1.54) is 25.3 Å². The van der Waals surface area contributed by atoms with E-state index in [1.807, 2.05) is 6.07 Å². The van der Waals surface area contributed by atoms with Crippen molar-refractivity contribution < 1.29 is 9.66 Å². The van der Waals surface area contributed by atoms with Gasteiger partial charge in [-0.1, -0.05) is 33.1 Å². The summed E-state index contributed by atoms with van der Waals surface area (Å²) >= 11 is 0. The Hall–Kier alpha value is -2.29. The van der Waals surface area contributed by atoms with Crippen molar-refractivity contribution >= 4 is 11.4 Å². The lowest BCUT2D eigenvalue weighted by Gasteiger charge is -2.37. The largest absolute Gasteiger partial charge is 0.478 e. The van der Waals surface area contributed by atoms with Crippen LogP contribution in [0.25, 0.3) is 0 Å². The van der Waals surface area contributed by atoms with Crippen molar-refractivity contribution in [3.63, 3.8) is 0 Å². The Balaban J connectivity index is 2.36. The molecule has 130 valence electrons. The zero-order valence-electron chi connectivity index (χ0n) is 14.4. The van der Waals surface area contributed by atoms with Gasteiger partial charge in [-0.05, 0) is 30.9 Å². The molecule has 0 unspecified atom stereocenters. The van der Waals surface area contributed by atoms with Crippen molar-refractivity contribution in [1.29, 1.82) is 5.26 Å². The van der Waals surface area contributed by atoms with Gasteiger partial charge in [-0.25, -0.2) is 0 Å². The van der Waals surface area contributed by atoms with Crippen LogP contribution in [0.3, 0.4) is 0 Å². The minimum absolute atomic E-state index is 0.0525. The third kappa shape index (κ3) is 4.60. The summed E-state index contributed by atoms with van der Waals surface area (Å²) in [7, 11) is 0. The maximum Gasteiger partial charge on any atom is 0.296 e. The van der Waals surface area contributed by atoms with Crippen LogP contribution in [0.15, 0.2) is 18.2 Å². The van der Waals surface area contributed by atoms with E-state index in [1.54, 1.807) is 12.1 Å². The fourth-order valence-corrected chi connectivity index (χ4v) is 3.33. The second-order valence-corrected chi connectivity index (χ2v) is 6.69. The van der Waals surface area contributed by atoms with Gasteiger partial charge in [-0.15, -0.1) is 0 Å². The molecular weight excluding hydrogens is 306 g/mol. The number of ether oxygens (including phenoxy) is 1. The van der Waals surface area contributed by atoms with Gasteiger partial charge >= 0.3 is 0 Å². The topological polar surface area (TPSA) is 79.4 Å². The predicted octanol–water partition coefficient (Wildman–Crippen LogP) is 4.29. The zero-order chi connectivity index (χ0) is 17.5. The molecule has 0 aliphatic heterocycles. The van der Waals surface area contributed by atoms with Crippen LogP contribution < -0.4 is 9.64 Å². The molecule has 0 saturated heterocycles. The minimum atomic E-state index is -0.356. The van der Waals surface area contributed by atoms with Crippen molar-refractivity contribution in [2.24, 2.45) is 5.92 Å². The van der Waals surface area contributed by atoms with Crippen molar-refractivity contribution in [2.75, 3.05) is 18.1 Å². The van der Waals surface area contributed by atoms with Gasteiger partial charge in [0, 0.05) is 12.6 Å². The lowest BCUT2D eigenvalue weighted by Crippen LogP contribution is -2.39. The smallest absolute Gasteiger partial charge is 0.296 e. The molecule has 0 N–H and O–H groups in total. The molecule has 6 nitrogen and oxygen atoms in total. The van der Waals surface area contributed by atoms with Crippen LogP contribution in [0.5, 0.6) is 5.75 Å². The van der Waals surface area contributed by atoms with Crippen LogP contribution in [0, 0.1) is 27.4 Å². The Morgan fingerprint density at radius 2 is 2.08 bits per heavy atom. The first-order valence-electron chi connectivity index (χ1n) is 8.57. The first-order chi connectivity index (χ1) is 11.5. The molecule has 1 aromatic rings. The quantitative estimate of drug-likeness (QED) is 0.550. The van der Waals surface area contributed by atoms with E-state index in [2.05, 4.69) is 18.7 Å². The Kier molecular flexibility index (Phi) is 6.42. The number of nitrogens with zero attached hydrogens (tertiary/aromatic N) is 3. The number of hydrogen-bond acceptors (Lipinski definition) is 5. The third-order valence-electron chi connectivity index (χ3n) is 4.33. The summed E-state index contributed by atoms with van der Waals surface area (Å²) in [6, 6.07) is 7.15. The highest BCUT2D eigenvalue weighted by atomic mass is 16.6. The highest BCUT2D eigenvalue weighted by molar-refractivity contribution is 5.66. The van der Waals surface area contributed by atoms with Crippen LogP contribution >= 0.6 is 0 Å². The molecule has 0 amide bonds. The van der Waals surface area contributed by atoms with Crippen LogP contribution in [0.1, 0.15) is 46.0 Å². The molecule has 1 fully saturated rings. The summed E-state index contributed by atoms with van der Waals surface area (Å²) in [5.74, 6) is 0.779. The second kappa shape index (κ2) is 8.53. The summed E-state index contributed by atoms with van der Waals surface area (Å²) in [6.45, 7) is 4.94. The molecule has 24 heavy (non-hydrogen) atoms. The molecule has 0 aromatic heterocycles. The van der Waals surface area contributed by atoms with Crippen LogP contribution in [0.2, 0.25) is 0 Å². The lowest BCUT2D eigenvalue weighted by molar-refractivity contribution is -0.384. The standard InChI is InChI=1S/C18H25N3O3/c1-14(2)13-20(15-6-4-3-5-7-15)17-9-8-16(24-11-10-19)12-18(17)21(22)23/h8-9,12,14-15H,3-7,11,13H2,1-2H3. The molecular formula is C18H25N3O3. The van der Waals surface area contributed by atoms with Crippen LogP contribution in [-0.4, -0.2) is 24.1 Å². The summed E-state index contributed by atoms with van der Waals surface area (Å²) in [4.78, 5) is 13.4. The molecule has 1 aromatic carbocycles. The number of nitro benzene ring substituents is 1. The van der Waals surface area contributed by atoms with Crippen molar-refractivity contribution in [3.05, 3.63) is 28.3 Å². The summed E-state index contributed by atoms with van der Waals surface area (Å²) in [5.41, 5.74) is 0.710. The van der Waals surface area contributed by atoms with Gasteiger partial charge in [0.1, 0.15) is 17.5 Å². The minimum Gasteiger partial charge on any atom is -0.478 e. The van der Waals surface area contributed by atoms with Gasteiger partial charge in [0.05, 0.1) is 11.0 Å².